The molecule has 2 aromatic rings. The standard InChI is InChI=1S/C21H27N3S2/c1-15-5-2-6-16(11-15)22-21(25)23-17-12-18-7-3-8-19(13-17)24(18)14-20-9-4-10-26-20/h2,4-6,9-11,17-19H,3,7-8,12-14H2,1H3,(H2,22,23,25)/t18-,19-/m0/s1. The molecule has 2 saturated heterocycles. The van der Waals surface area contributed by atoms with Crippen molar-refractivity contribution < 1.29 is 0 Å². The Morgan fingerprint density at radius 2 is 2.00 bits per heavy atom. The fraction of sp³-hybridized carbons (Fsp3) is 0.476. The summed E-state index contributed by atoms with van der Waals surface area (Å²) in [5.41, 5.74) is 2.31. The second-order valence-electron chi connectivity index (χ2n) is 7.63. The number of thiophene rings is 1. The second-order valence-corrected chi connectivity index (χ2v) is 9.07. The van der Waals surface area contributed by atoms with Crippen LogP contribution in [0.25, 0.3) is 0 Å². The van der Waals surface area contributed by atoms with E-state index in [1.165, 1.54) is 42.5 Å². The topological polar surface area (TPSA) is 27.3 Å². The maximum atomic E-state index is 5.58. The minimum absolute atomic E-state index is 0.481. The van der Waals surface area contributed by atoms with Gasteiger partial charge in [-0.25, -0.2) is 0 Å². The van der Waals surface area contributed by atoms with Crippen LogP contribution in [0.4, 0.5) is 5.69 Å². The first-order valence-electron chi connectivity index (χ1n) is 9.60. The van der Waals surface area contributed by atoms with Gasteiger partial charge in [-0.05, 0) is 74.0 Å². The number of piperidine rings is 2. The average Bonchev–Trinajstić information content (AvgIpc) is 3.08. The van der Waals surface area contributed by atoms with Gasteiger partial charge in [0.15, 0.2) is 5.11 Å². The Morgan fingerprint density at radius 1 is 1.19 bits per heavy atom. The molecule has 1 aromatic carbocycles. The van der Waals surface area contributed by atoms with E-state index in [0.717, 1.165) is 17.3 Å². The number of hydrogen-bond acceptors (Lipinski definition) is 3. The maximum absolute atomic E-state index is 5.58. The van der Waals surface area contributed by atoms with Crippen molar-refractivity contribution in [2.45, 2.75) is 63.7 Å². The predicted octanol–water partition coefficient (Wildman–Crippen LogP) is 4.93. The van der Waals surface area contributed by atoms with Crippen LogP contribution >= 0.6 is 23.6 Å². The number of nitrogens with zero attached hydrogens (tertiary/aromatic N) is 1. The van der Waals surface area contributed by atoms with Crippen LogP contribution in [0, 0.1) is 6.92 Å². The normalized spacial score (nSPS) is 25.7. The molecule has 138 valence electrons. The van der Waals surface area contributed by atoms with Gasteiger partial charge in [0.1, 0.15) is 0 Å². The van der Waals surface area contributed by atoms with Crippen molar-refractivity contribution in [3.8, 4) is 0 Å². The van der Waals surface area contributed by atoms with Crippen LogP contribution in [-0.4, -0.2) is 28.1 Å². The number of nitrogens with one attached hydrogen (secondary N) is 2. The first-order valence-corrected chi connectivity index (χ1v) is 10.9. The van der Waals surface area contributed by atoms with Gasteiger partial charge >= 0.3 is 0 Å². The molecule has 3 nitrogen and oxygen atoms in total. The summed E-state index contributed by atoms with van der Waals surface area (Å²) >= 11 is 7.46. The van der Waals surface area contributed by atoms with Gasteiger partial charge < -0.3 is 10.6 Å². The van der Waals surface area contributed by atoms with Gasteiger partial charge in [-0.1, -0.05) is 24.6 Å². The maximum Gasteiger partial charge on any atom is 0.170 e. The number of fused-ring (bicyclic) bond motifs is 2. The summed E-state index contributed by atoms with van der Waals surface area (Å²) in [7, 11) is 0. The molecule has 2 aliphatic rings. The molecule has 0 amide bonds. The van der Waals surface area contributed by atoms with Gasteiger partial charge in [0.25, 0.3) is 0 Å². The van der Waals surface area contributed by atoms with E-state index < -0.39 is 0 Å². The van der Waals surface area contributed by atoms with Crippen molar-refractivity contribution in [1.82, 2.24) is 10.2 Å². The van der Waals surface area contributed by atoms with Crippen LogP contribution in [0.15, 0.2) is 41.8 Å². The van der Waals surface area contributed by atoms with E-state index >= 15 is 0 Å². The highest BCUT2D eigenvalue weighted by Gasteiger charge is 2.38. The minimum Gasteiger partial charge on any atom is -0.360 e. The van der Waals surface area contributed by atoms with Crippen molar-refractivity contribution in [2.75, 3.05) is 5.32 Å². The van der Waals surface area contributed by atoms with E-state index in [0.29, 0.717) is 18.1 Å². The Balaban J connectivity index is 1.35. The highest BCUT2D eigenvalue weighted by atomic mass is 32.1. The van der Waals surface area contributed by atoms with Crippen LogP contribution in [-0.2, 0) is 6.54 Å². The molecule has 0 radical (unpaired) electrons. The van der Waals surface area contributed by atoms with E-state index in [1.54, 1.807) is 0 Å². The average molecular weight is 386 g/mol. The molecule has 2 atom stereocenters. The summed E-state index contributed by atoms with van der Waals surface area (Å²) in [6.07, 6.45) is 6.39. The monoisotopic (exact) mass is 385 g/mol. The Labute approximate surface area is 165 Å². The SMILES string of the molecule is Cc1cccc(NC(=S)NC2C[C@@H]3CCC[C@@H](C2)N3Cc2cccs2)c1. The number of rotatable bonds is 4. The Hall–Kier alpha value is -1.43. The molecule has 26 heavy (non-hydrogen) atoms. The molecule has 0 saturated carbocycles. The van der Waals surface area contributed by atoms with Crippen molar-refractivity contribution in [1.29, 1.82) is 0 Å². The van der Waals surface area contributed by atoms with Gasteiger partial charge in [0.2, 0.25) is 0 Å². The zero-order valence-electron chi connectivity index (χ0n) is 15.3. The summed E-state index contributed by atoms with van der Waals surface area (Å²) in [6, 6.07) is 14.7. The molecular weight excluding hydrogens is 358 g/mol. The largest absolute Gasteiger partial charge is 0.360 e. The summed E-state index contributed by atoms with van der Waals surface area (Å²) in [5.74, 6) is 0. The number of benzene rings is 1. The van der Waals surface area contributed by atoms with Crippen LogP contribution < -0.4 is 10.6 Å². The number of anilines is 1. The molecule has 0 spiro atoms. The van der Waals surface area contributed by atoms with Crippen LogP contribution in [0.1, 0.15) is 42.5 Å². The minimum atomic E-state index is 0.481. The fourth-order valence-electron chi connectivity index (χ4n) is 4.51. The van der Waals surface area contributed by atoms with Crippen LogP contribution in [0.5, 0.6) is 0 Å². The summed E-state index contributed by atoms with van der Waals surface area (Å²) in [4.78, 5) is 4.25. The lowest BCUT2D eigenvalue weighted by molar-refractivity contribution is 0.0220. The van der Waals surface area contributed by atoms with Crippen molar-refractivity contribution in [2.24, 2.45) is 0 Å². The third kappa shape index (κ3) is 4.27. The molecule has 1 aromatic heterocycles. The van der Waals surface area contributed by atoms with Crippen LogP contribution in [0.3, 0.4) is 0 Å². The Bertz CT molecular complexity index is 729. The van der Waals surface area contributed by atoms with Gasteiger partial charge in [-0.2, -0.15) is 0 Å². The summed E-state index contributed by atoms with van der Waals surface area (Å²) in [5, 5.41) is 9.89. The molecule has 2 bridgehead atoms. The molecular formula is C21H27N3S2. The molecule has 2 aliphatic heterocycles. The zero-order valence-corrected chi connectivity index (χ0v) is 16.9. The summed E-state index contributed by atoms with van der Waals surface area (Å²) < 4.78 is 0. The van der Waals surface area contributed by atoms with E-state index in [-0.39, 0.29) is 0 Å². The van der Waals surface area contributed by atoms with E-state index in [1.807, 2.05) is 11.3 Å². The predicted molar refractivity (Wildman–Crippen MR) is 115 cm³/mol. The van der Waals surface area contributed by atoms with Crippen molar-refractivity contribution >= 4 is 34.4 Å². The quantitative estimate of drug-likeness (QED) is 0.730. The summed E-state index contributed by atoms with van der Waals surface area (Å²) in [6.45, 7) is 3.22. The van der Waals surface area contributed by atoms with Gasteiger partial charge in [-0.15, -0.1) is 11.3 Å². The van der Waals surface area contributed by atoms with Crippen LogP contribution in [0.2, 0.25) is 0 Å². The molecule has 0 unspecified atom stereocenters. The first-order chi connectivity index (χ1) is 12.7. The lowest BCUT2D eigenvalue weighted by Crippen LogP contribution is -2.56. The van der Waals surface area contributed by atoms with Crippen molar-refractivity contribution in [3.63, 3.8) is 0 Å². The first kappa shape index (κ1) is 18.0. The van der Waals surface area contributed by atoms with E-state index in [4.69, 9.17) is 12.2 Å². The molecule has 5 heteroatoms. The Kier molecular flexibility index (Phi) is 5.57. The zero-order chi connectivity index (χ0) is 17.9. The number of hydrogen-bond donors (Lipinski definition) is 2. The number of aryl methyl sites for hydroxylation is 1. The van der Waals surface area contributed by atoms with E-state index in [2.05, 4.69) is 64.2 Å². The van der Waals surface area contributed by atoms with Gasteiger partial charge in [-0.3, -0.25) is 4.90 Å². The number of thiocarbonyl (C=S) groups is 1. The molecule has 2 N–H and O–H groups in total. The highest BCUT2D eigenvalue weighted by Crippen LogP contribution is 2.35. The van der Waals surface area contributed by atoms with E-state index in [9.17, 15) is 0 Å². The molecule has 0 aliphatic carbocycles. The third-order valence-corrected chi connectivity index (χ3v) is 6.74. The van der Waals surface area contributed by atoms with Gasteiger partial charge in [0, 0.05) is 35.2 Å². The third-order valence-electron chi connectivity index (χ3n) is 5.66. The smallest absolute Gasteiger partial charge is 0.170 e. The molecule has 2 fully saturated rings. The fourth-order valence-corrected chi connectivity index (χ4v) is 5.51. The van der Waals surface area contributed by atoms with Gasteiger partial charge in [0.05, 0.1) is 0 Å². The highest BCUT2D eigenvalue weighted by molar-refractivity contribution is 7.80. The Morgan fingerprint density at radius 3 is 2.69 bits per heavy atom. The molecule has 4 rings (SSSR count). The lowest BCUT2D eigenvalue weighted by atomic mass is 9.81. The lowest BCUT2D eigenvalue weighted by Gasteiger charge is -2.49. The second kappa shape index (κ2) is 8.07. The molecule has 3 heterocycles. The van der Waals surface area contributed by atoms with Crippen molar-refractivity contribution in [3.05, 3.63) is 52.2 Å².